The molecule has 1 aromatic heterocycles. The molecule has 0 bridgehead atoms. The molecule has 0 unspecified atom stereocenters. The minimum atomic E-state index is -0.00288. The third kappa shape index (κ3) is 4.18. The van der Waals surface area contributed by atoms with E-state index in [1.165, 1.54) is 36.8 Å². The third-order valence-electron chi connectivity index (χ3n) is 5.42. The first kappa shape index (κ1) is 17.7. The van der Waals surface area contributed by atoms with Crippen LogP contribution in [-0.4, -0.2) is 26.9 Å². The summed E-state index contributed by atoms with van der Waals surface area (Å²) in [6, 6.07) is 14.4. The van der Waals surface area contributed by atoms with Crippen molar-refractivity contribution in [3.63, 3.8) is 0 Å². The van der Waals surface area contributed by atoms with E-state index in [1.807, 2.05) is 22.9 Å². The van der Waals surface area contributed by atoms with Gasteiger partial charge in [0.25, 0.3) is 5.91 Å². The first-order valence-corrected chi connectivity index (χ1v) is 9.89. The monoisotopic (exact) mass is 362 g/mol. The van der Waals surface area contributed by atoms with Crippen molar-refractivity contribution in [2.24, 2.45) is 0 Å². The highest BCUT2D eigenvalue weighted by Gasteiger charge is 2.17. The van der Waals surface area contributed by atoms with Crippen molar-refractivity contribution >= 4 is 16.9 Å². The van der Waals surface area contributed by atoms with Crippen LogP contribution in [-0.2, 0) is 6.54 Å². The summed E-state index contributed by atoms with van der Waals surface area (Å²) < 4.78 is 1.88. The molecule has 1 aliphatic rings. The van der Waals surface area contributed by atoms with Crippen molar-refractivity contribution in [2.45, 2.75) is 58.0 Å². The lowest BCUT2D eigenvalue weighted by molar-refractivity contribution is 0.0933. The van der Waals surface area contributed by atoms with Gasteiger partial charge in [-0.05, 0) is 43.5 Å². The van der Waals surface area contributed by atoms with Crippen LogP contribution in [0.15, 0.2) is 42.5 Å². The van der Waals surface area contributed by atoms with E-state index in [0.717, 1.165) is 23.9 Å². The van der Waals surface area contributed by atoms with Crippen LogP contribution in [0.4, 0.5) is 0 Å². The molecule has 1 fully saturated rings. The lowest BCUT2D eigenvalue weighted by Gasteiger charge is -2.16. The Hall–Kier alpha value is -2.69. The molecule has 0 aliphatic heterocycles. The predicted octanol–water partition coefficient (Wildman–Crippen LogP) is 4.24. The maximum Gasteiger partial charge on any atom is 0.251 e. The number of aryl methyl sites for hydroxylation is 1. The number of hydrogen-bond acceptors (Lipinski definition) is 3. The number of carbonyl (C=O) groups excluding carboxylic acids is 1. The molecule has 1 aliphatic carbocycles. The SMILES string of the molecule is Cc1ccc(Cn2nnc3cc(C(=O)NC4CCCCCC4)ccc32)cc1. The van der Waals surface area contributed by atoms with Crippen LogP contribution in [0.1, 0.15) is 60.0 Å². The van der Waals surface area contributed by atoms with Crippen LogP contribution in [0, 0.1) is 6.92 Å². The Bertz CT molecular complexity index is 921. The van der Waals surface area contributed by atoms with Gasteiger partial charge in [-0.1, -0.05) is 60.7 Å². The Morgan fingerprint density at radius 3 is 2.56 bits per heavy atom. The van der Waals surface area contributed by atoms with E-state index >= 15 is 0 Å². The number of benzene rings is 2. The van der Waals surface area contributed by atoms with Gasteiger partial charge < -0.3 is 5.32 Å². The average molecular weight is 362 g/mol. The van der Waals surface area contributed by atoms with Gasteiger partial charge in [0.1, 0.15) is 5.52 Å². The lowest BCUT2D eigenvalue weighted by Crippen LogP contribution is -2.34. The summed E-state index contributed by atoms with van der Waals surface area (Å²) in [5.41, 5.74) is 4.79. The zero-order chi connectivity index (χ0) is 18.6. The molecule has 3 aromatic rings. The average Bonchev–Trinajstić information content (AvgIpc) is 2.89. The van der Waals surface area contributed by atoms with Crippen LogP contribution in [0.3, 0.4) is 0 Å². The quantitative estimate of drug-likeness (QED) is 0.706. The number of nitrogens with zero attached hydrogens (tertiary/aromatic N) is 3. The molecule has 0 saturated heterocycles. The van der Waals surface area contributed by atoms with E-state index in [9.17, 15) is 4.79 Å². The zero-order valence-corrected chi connectivity index (χ0v) is 15.8. The first-order valence-electron chi connectivity index (χ1n) is 9.89. The van der Waals surface area contributed by atoms with Gasteiger partial charge in [0.2, 0.25) is 0 Å². The summed E-state index contributed by atoms with van der Waals surface area (Å²) in [6.07, 6.45) is 7.14. The topological polar surface area (TPSA) is 59.8 Å². The number of carbonyl (C=O) groups is 1. The van der Waals surface area contributed by atoms with Gasteiger partial charge in [-0.25, -0.2) is 4.68 Å². The molecule has 27 heavy (non-hydrogen) atoms. The second kappa shape index (κ2) is 7.91. The summed E-state index contributed by atoms with van der Waals surface area (Å²) >= 11 is 0. The van der Waals surface area contributed by atoms with Crippen molar-refractivity contribution in [2.75, 3.05) is 0 Å². The molecule has 0 radical (unpaired) electrons. The van der Waals surface area contributed by atoms with Crippen LogP contribution in [0.5, 0.6) is 0 Å². The molecule has 1 amide bonds. The second-order valence-electron chi connectivity index (χ2n) is 7.60. The Morgan fingerprint density at radius 1 is 1.07 bits per heavy atom. The lowest BCUT2D eigenvalue weighted by atomic mass is 10.1. The molecule has 2 aromatic carbocycles. The van der Waals surface area contributed by atoms with Crippen molar-refractivity contribution < 1.29 is 4.79 Å². The molecule has 5 heteroatoms. The molecule has 1 N–H and O–H groups in total. The van der Waals surface area contributed by atoms with Gasteiger partial charge in [0, 0.05) is 11.6 Å². The maximum absolute atomic E-state index is 12.6. The summed E-state index contributed by atoms with van der Waals surface area (Å²) in [4.78, 5) is 12.6. The molecule has 5 nitrogen and oxygen atoms in total. The standard InChI is InChI=1S/C22H26N4O/c1-16-8-10-17(11-9-16)15-26-21-13-12-18(14-20(21)24-25-26)22(27)23-19-6-4-2-3-5-7-19/h8-14,19H,2-7,15H2,1H3,(H,23,27). The predicted molar refractivity (Wildman–Crippen MR) is 107 cm³/mol. The fourth-order valence-corrected chi connectivity index (χ4v) is 3.79. The van der Waals surface area contributed by atoms with Gasteiger partial charge in [-0.3, -0.25) is 4.79 Å². The summed E-state index contributed by atoms with van der Waals surface area (Å²) in [5.74, 6) is -0.00288. The summed E-state index contributed by atoms with van der Waals surface area (Å²) in [7, 11) is 0. The number of rotatable bonds is 4. The highest BCUT2D eigenvalue weighted by atomic mass is 16.1. The van der Waals surface area contributed by atoms with Crippen LogP contribution < -0.4 is 5.32 Å². The normalized spacial score (nSPS) is 15.6. The molecule has 1 saturated carbocycles. The Kier molecular flexibility index (Phi) is 5.19. The van der Waals surface area contributed by atoms with Crippen LogP contribution >= 0.6 is 0 Å². The largest absolute Gasteiger partial charge is 0.349 e. The van der Waals surface area contributed by atoms with Crippen molar-refractivity contribution in [3.05, 3.63) is 59.2 Å². The van der Waals surface area contributed by atoms with Gasteiger partial charge in [-0.2, -0.15) is 0 Å². The van der Waals surface area contributed by atoms with E-state index < -0.39 is 0 Å². The fourth-order valence-electron chi connectivity index (χ4n) is 3.79. The van der Waals surface area contributed by atoms with Crippen LogP contribution in [0.2, 0.25) is 0 Å². The second-order valence-corrected chi connectivity index (χ2v) is 7.60. The maximum atomic E-state index is 12.6. The smallest absolute Gasteiger partial charge is 0.251 e. The van der Waals surface area contributed by atoms with E-state index in [1.54, 1.807) is 0 Å². The summed E-state index contributed by atoms with van der Waals surface area (Å²) in [5, 5.41) is 11.7. The van der Waals surface area contributed by atoms with E-state index in [4.69, 9.17) is 0 Å². The van der Waals surface area contributed by atoms with Crippen molar-refractivity contribution in [3.8, 4) is 0 Å². The molecule has 1 heterocycles. The van der Waals surface area contributed by atoms with Crippen molar-refractivity contribution in [1.29, 1.82) is 0 Å². The number of fused-ring (bicyclic) bond motifs is 1. The minimum absolute atomic E-state index is 0.00288. The van der Waals surface area contributed by atoms with Crippen molar-refractivity contribution in [1.82, 2.24) is 20.3 Å². The van der Waals surface area contributed by atoms with Gasteiger partial charge in [0.15, 0.2) is 0 Å². The van der Waals surface area contributed by atoms with Gasteiger partial charge in [0.05, 0.1) is 12.1 Å². The van der Waals surface area contributed by atoms with Crippen LogP contribution in [0.25, 0.3) is 11.0 Å². The number of aromatic nitrogens is 3. The highest BCUT2D eigenvalue weighted by Crippen LogP contribution is 2.19. The fraction of sp³-hybridized carbons (Fsp3) is 0.409. The van der Waals surface area contributed by atoms with Gasteiger partial charge in [-0.15, -0.1) is 5.10 Å². The molecule has 140 valence electrons. The Balaban J connectivity index is 1.49. The minimum Gasteiger partial charge on any atom is -0.349 e. The molecular formula is C22H26N4O. The molecule has 0 spiro atoms. The number of nitrogens with one attached hydrogen (secondary N) is 1. The zero-order valence-electron chi connectivity index (χ0n) is 15.8. The number of amides is 1. The molecular weight excluding hydrogens is 336 g/mol. The van der Waals surface area contributed by atoms with E-state index in [2.05, 4.69) is 46.8 Å². The van der Waals surface area contributed by atoms with E-state index in [0.29, 0.717) is 18.2 Å². The van der Waals surface area contributed by atoms with Gasteiger partial charge >= 0.3 is 0 Å². The highest BCUT2D eigenvalue weighted by molar-refractivity contribution is 5.97. The van der Waals surface area contributed by atoms with E-state index in [-0.39, 0.29) is 5.91 Å². The summed E-state index contributed by atoms with van der Waals surface area (Å²) in [6.45, 7) is 2.75. The Morgan fingerprint density at radius 2 is 1.81 bits per heavy atom. The molecule has 0 atom stereocenters. The first-order chi connectivity index (χ1) is 13.2. The number of hydrogen-bond donors (Lipinski definition) is 1. The molecule has 4 rings (SSSR count). The Labute approximate surface area is 159 Å². The third-order valence-corrected chi connectivity index (χ3v) is 5.42.